The highest BCUT2D eigenvalue weighted by atomic mass is 16.2. The Bertz CT molecular complexity index is 194. The lowest BCUT2D eigenvalue weighted by Gasteiger charge is -2.29. The molecule has 1 saturated heterocycles. The smallest absolute Gasteiger partial charge is 0.236 e. The van der Waals surface area contributed by atoms with Gasteiger partial charge in [0, 0.05) is 13.1 Å². The number of hydrogen-bond donors (Lipinski definition) is 2. The van der Waals surface area contributed by atoms with Gasteiger partial charge in [-0.2, -0.15) is 0 Å². The van der Waals surface area contributed by atoms with E-state index in [-0.39, 0.29) is 5.91 Å². The molecule has 3 N–H and O–H groups in total. The van der Waals surface area contributed by atoms with Gasteiger partial charge in [0.1, 0.15) is 0 Å². The molecule has 1 amide bonds. The number of carbonyl (C=O) groups is 1. The van der Waals surface area contributed by atoms with Crippen LogP contribution in [0.15, 0.2) is 0 Å². The molecule has 1 fully saturated rings. The fraction of sp³-hybridized carbons (Fsp3) is 0.900. The quantitative estimate of drug-likeness (QED) is 0.661. The van der Waals surface area contributed by atoms with Gasteiger partial charge in [0.05, 0.1) is 6.04 Å². The molecular formula is C10H21N3O. The first kappa shape index (κ1) is 11.5. The van der Waals surface area contributed by atoms with Gasteiger partial charge in [0.15, 0.2) is 0 Å². The summed E-state index contributed by atoms with van der Waals surface area (Å²) < 4.78 is 0. The van der Waals surface area contributed by atoms with E-state index in [1.54, 1.807) is 6.92 Å². The van der Waals surface area contributed by atoms with Crippen molar-refractivity contribution in [1.29, 1.82) is 0 Å². The average molecular weight is 199 g/mol. The molecule has 1 heterocycles. The van der Waals surface area contributed by atoms with Crippen LogP contribution in [0.25, 0.3) is 0 Å². The molecule has 0 aromatic carbocycles. The lowest BCUT2D eigenvalue weighted by Crippen LogP contribution is -2.43. The second kappa shape index (κ2) is 5.32. The van der Waals surface area contributed by atoms with Crippen LogP contribution in [-0.2, 0) is 4.79 Å². The van der Waals surface area contributed by atoms with Crippen molar-refractivity contribution < 1.29 is 4.79 Å². The molecule has 1 aliphatic rings. The largest absolute Gasteiger partial charge is 0.354 e. The first-order valence-corrected chi connectivity index (χ1v) is 5.31. The molecule has 0 aromatic rings. The Balaban J connectivity index is 2.20. The summed E-state index contributed by atoms with van der Waals surface area (Å²) in [6.07, 6.45) is 2.44. The second-order valence-corrected chi connectivity index (χ2v) is 4.30. The zero-order valence-corrected chi connectivity index (χ0v) is 9.12. The molecule has 82 valence electrons. The number of rotatable bonds is 3. The van der Waals surface area contributed by atoms with E-state index in [9.17, 15) is 4.79 Å². The van der Waals surface area contributed by atoms with Gasteiger partial charge in [0.25, 0.3) is 0 Å². The van der Waals surface area contributed by atoms with E-state index in [2.05, 4.69) is 17.3 Å². The maximum Gasteiger partial charge on any atom is 0.236 e. The minimum Gasteiger partial charge on any atom is -0.354 e. The molecule has 1 aliphatic heterocycles. The molecular weight excluding hydrogens is 178 g/mol. The van der Waals surface area contributed by atoms with Crippen LogP contribution in [0.1, 0.15) is 19.8 Å². The predicted molar refractivity (Wildman–Crippen MR) is 56.9 cm³/mol. The van der Waals surface area contributed by atoms with Gasteiger partial charge >= 0.3 is 0 Å². The molecule has 0 aromatic heterocycles. The summed E-state index contributed by atoms with van der Waals surface area (Å²) >= 11 is 0. The highest BCUT2D eigenvalue weighted by Crippen LogP contribution is 2.13. The van der Waals surface area contributed by atoms with Crippen molar-refractivity contribution >= 4 is 5.91 Å². The number of likely N-dealkylation sites (tertiary alicyclic amines) is 1. The Morgan fingerprint density at radius 2 is 2.43 bits per heavy atom. The molecule has 0 saturated carbocycles. The van der Waals surface area contributed by atoms with Crippen LogP contribution in [-0.4, -0.2) is 43.5 Å². The number of amides is 1. The highest BCUT2D eigenvalue weighted by Gasteiger charge is 2.18. The van der Waals surface area contributed by atoms with Crippen LogP contribution in [0.5, 0.6) is 0 Å². The van der Waals surface area contributed by atoms with E-state index in [1.165, 1.54) is 19.4 Å². The Morgan fingerprint density at radius 1 is 1.71 bits per heavy atom. The minimum atomic E-state index is -0.392. The highest BCUT2D eigenvalue weighted by molar-refractivity contribution is 5.80. The third-order valence-electron chi connectivity index (χ3n) is 2.70. The van der Waals surface area contributed by atoms with Crippen molar-refractivity contribution in [3.05, 3.63) is 0 Å². The van der Waals surface area contributed by atoms with Crippen LogP contribution < -0.4 is 11.1 Å². The molecule has 2 atom stereocenters. The SMILES string of the molecule is C[C@H](N)C(=O)NC[C@@H]1CCCN(C)C1. The minimum absolute atomic E-state index is 0.0433. The van der Waals surface area contributed by atoms with Crippen LogP contribution in [0.3, 0.4) is 0 Å². The molecule has 0 aliphatic carbocycles. The number of piperidine rings is 1. The van der Waals surface area contributed by atoms with Crippen molar-refractivity contribution in [2.45, 2.75) is 25.8 Å². The topological polar surface area (TPSA) is 58.4 Å². The van der Waals surface area contributed by atoms with Gasteiger partial charge in [-0.25, -0.2) is 0 Å². The van der Waals surface area contributed by atoms with Gasteiger partial charge in [-0.15, -0.1) is 0 Å². The number of nitrogens with two attached hydrogens (primary N) is 1. The summed E-state index contributed by atoms with van der Waals surface area (Å²) in [7, 11) is 2.12. The van der Waals surface area contributed by atoms with Crippen LogP contribution in [0.2, 0.25) is 0 Å². The molecule has 14 heavy (non-hydrogen) atoms. The molecule has 0 radical (unpaired) electrons. The summed E-state index contributed by atoms with van der Waals surface area (Å²) in [6, 6.07) is -0.392. The third kappa shape index (κ3) is 3.64. The number of hydrogen-bond acceptors (Lipinski definition) is 3. The zero-order chi connectivity index (χ0) is 10.6. The van der Waals surface area contributed by atoms with Gasteiger partial charge < -0.3 is 16.0 Å². The van der Waals surface area contributed by atoms with E-state index in [4.69, 9.17) is 5.73 Å². The average Bonchev–Trinajstić information content (AvgIpc) is 2.14. The second-order valence-electron chi connectivity index (χ2n) is 4.30. The van der Waals surface area contributed by atoms with Crippen molar-refractivity contribution in [3.63, 3.8) is 0 Å². The van der Waals surface area contributed by atoms with Crippen molar-refractivity contribution in [1.82, 2.24) is 10.2 Å². The van der Waals surface area contributed by atoms with Crippen LogP contribution >= 0.6 is 0 Å². The van der Waals surface area contributed by atoms with Gasteiger partial charge in [-0.1, -0.05) is 0 Å². The summed E-state index contributed by atoms with van der Waals surface area (Å²) in [6.45, 7) is 4.74. The van der Waals surface area contributed by atoms with Crippen LogP contribution in [0, 0.1) is 5.92 Å². The fourth-order valence-corrected chi connectivity index (χ4v) is 1.85. The van der Waals surface area contributed by atoms with E-state index in [0.29, 0.717) is 5.92 Å². The Kier molecular flexibility index (Phi) is 4.35. The third-order valence-corrected chi connectivity index (χ3v) is 2.70. The number of nitrogens with zero attached hydrogens (tertiary/aromatic N) is 1. The summed E-state index contributed by atoms with van der Waals surface area (Å²) in [4.78, 5) is 13.5. The standard InChI is InChI=1S/C10H21N3O/c1-8(11)10(14)12-6-9-4-3-5-13(2)7-9/h8-9H,3-7,11H2,1-2H3,(H,12,14)/t8-,9-/m0/s1. The molecule has 4 nitrogen and oxygen atoms in total. The predicted octanol–water partition coefficient (Wildman–Crippen LogP) is -0.208. The Labute approximate surface area is 85.8 Å². The molecule has 0 spiro atoms. The number of nitrogens with one attached hydrogen (secondary N) is 1. The first-order chi connectivity index (χ1) is 6.59. The van der Waals surface area contributed by atoms with Gasteiger partial charge in [-0.3, -0.25) is 4.79 Å². The summed E-state index contributed by atoms with van der Waals surface area (Å²) in [5.41, 5.74) is 5.46. The molecule has 4 heteroatoms. The lowest BCUT2D eigenvalue weighted by atomic mass is 9.98. The van der Waals surface area contributed by atoms with Crippen LogP contribution in [0.4, 0.5) is 0 Å². The first-order valence-electron chi connectivity index (χ1n) is 5.31. The zero-order valence-electron chi connectivity index (χ0n) is 9.12. The van der Waals surface area contributed by atoms with Crippen molar-refractivity contribution in [3.8, 4) is 0 Å². The number of carbonyl (C=O) groups excluding carboxylic acids is 1. The lowest BCUT2D eigenvalue weighted by molar-refractivity contribution is -0.122. The monoisotopic (exact) mass is 199 g/mol. The Morgan fingerprint density at radius 3 is 3.00 bits per heavy atom. The van der Waals surface area contributed by atoms with Crippen molar-refractivity contribution in [2.24, 2.45) is 11.7 Å². The van der Waals surface area contributed by atoms with E-state index < -0.39 is 6.04 Å². The summed E-state index contributed by atoms with van der Waals surface area (Å²) in [5.74, 6) is 0.551. The molecule has 0 bridgehead atoms. The maximum atomic E-state index is 11.2. The van der Waals surface area contributed by atoms with Gasteiger partial charge in [-0.05, 0) is 39.3 Å². The maximum absolute atomic E-state index is 11.2. The van der Waals surface area contributed by atoms with Crippen molar-refractivity contribution in [2.75, 3.05) is 26.7 Å². The van der Waals surface area contributed by atoms with E-state index in [1.807, 2.05) is 0 Å². The van der Waals surface area contributed by atoms with E-state index in [0.717, 1.165) is 13.1 Å². The van der Waals surface area contributed by atoms with Gasteiger partial charge in [0.2, 0.25) is 5.91 Å². The molecule has 0 unspecified atom stereocenters. The van der Waals surface area contributed by atoms with E-state index >= 15 is 0 Å². The fourth-order valence-electron chi connectivity index (χ4n) is 1.85. The molecule has 1 rings (SSSR count). The Hall–Kier alpha value is -0.610. The normalized spacial score (nSPS) is 25.8. The summed E-state index contributed by atoms with van der Waals surface area (Å²) in [5, 5.41) is 2.88.